The van der Waals surface area contributed by atoms with Crippen LogP contribution >= 0.6 is 0 Å². The predicted molar refractivity (Wildman–Crippen MR) is 124 cm³/mol. The molecule has 0 atom stereocenters. The summed E-state index contributed by atoms with van der Waals surface area (Å²) in [7, 11) is 1.58. The fourth-order valence-electron chi connectivity index (χ4n) is 3.97. The fourth-order valence-corrected chi connectivity index (χ4v) is 3.97. The first kappa shape index (κ1) is 20.0. The van der Waals surface area contributed by atoms with Crippen molar-refractivity contribution < 1.29 is 9.53 Å². The summed E-state index contributed by atoms with van der Waals surface area (Å²) < 4.78 is 7.57. The molecule has 4 aromatic rings. The van der Waals surface area contributed by atoms with Gasteiger partial charge in [-0.15, -0.1) is 0 Å². The van der Waals surface area contributed by atoms with Gasteiger partial charge in [0.2, 0.25) is 0 Å². The third-order valence-electron chi connectivity index (χ3n) is 5.73. The van der Waals surface area contributed by atoms with Crippen molar-refractivity contribution in [2.24, 2.45) is 0 Å². The molecule has 0 unspecified atom stereocenters. The van der Waals surface area contributed by atoms with Crippen molar-refractivity contribution in [3.8, 4) is 28.3 Å². The van der Waals surface area contributed by atoms with E-state index in [0.717, 1.165) is 41.3 Å². The molecule has 32 heavy (non-hydrogen) atoms. The second-order valence-electron chi connectivity index (χ2n) is 7.72. The number of methoxy groups -OCH3 is 1. The van der Waals surface area contributed by atoms with Crippen LogP contribution in [0.1, 0.15) is 10.4 Å². The highest BCUT2D eigenvalue weighted by molar-refractivity contribution is 5.97. The van der Waals surface area contributed by atoms with E-state index < -0.39 is 0 Å². The number of anilines is 1. The maximum atomic E-state index is 13.0. The Balaban J connectivity index is 1.51. The molecule has 0 bridgehead atoms. The number of nitrogens with two attached hydrogens (primary N) is 1. The van der Waals surface area contributed by atoms with E-state index in [4.69, 9.17) is 10.5 Å². The number of ether oxygens (including phenoxy) is 1. The molecular formula is C24H24N6O2. The van der Waals surface area contributed by atoms with E-state index in [2.05, 4.69) is 15.3 Å². The van der Waals surface area contributed by atoms with Crippen LogP contribution in [0.5, 0.6) is 5.75 Å². The molecule has 2 aromatic carbocycles. The molecule has 3 heterocycles. The smallest absolute Gasteiger partial charge is 0.257 e. The van der Waals surface area contributed by atoms with Gasteiger partial charge in [-0.3, -0.25) is 14.2 Å². The minimum atomic E-state index is -0.0152. The quantitative estimate of drug-likeness (QED) is 0.485. The predicted octanol–water partition coefficient (Wildman–Crippen LogP) is 2.70. The lowest BCUT2D eigenvalue weighted by atomic mass is 10.1. The maximum Gasteiger partial charge on any atom is 0.257 e. The minimum Gasteiger partial charge on any atom is -0.496 e. The van der Waals surface area contributed by atoms with Crippen LogP contribution in [0.15, 0.2) is 61.1 Å². The molecule has 1 amide bonds. The first-order valence-corrected chi connectivity index (χ1v) is 10.5. The number of carbonyl (C=O) groups excluding carboxylic acids is 1. The van der Waals surface area contributed by atoms with E-state index in [1.54, 1.807) is 13.3 Å². The van der Waals surface area contributed by atoms with Gasteiger partial charge in [-0.2, -0.15) is 0 Å². The number of rotatable bonds is 4. The molecule has 0 radical (unpaired) electrons. The molecule has 0 aliphatic carbocycles. The minimum absolute atomic E-state index is 0.0152. The zero-order valence-corrected chi connectivity index (χ0v) is 17.8. The molecule has 8 nitrogen and oxygen atoms in total. The second kappa shape index (κ2) is 8.32. The van der Waals surface area contributed by atoms with Crippen molar-refractivity contribution in [3.05, 3.63) is 66.6 Å². The van der Waals surface area contributed by atoms with E-state index in [-0.39, 0.29) is 5.91 Å². The summed E-state index contributed by atoms with van der Waals surface area (Å²) in [5.74, 6) is 0.524. The van der Waals surface area contributed by atoms with Crippen molar-refractivity contribution in [1.29, 1.82) is 0 Å². The van der Waals surface area contributed by atoms with Crippen LogP contribution in [0.2, 0.25) is 0 Å². The molecule has 1 aliphatic rings. The molecule has 0 saturated carbocycles. The normalized spacial score (nSPS) is 14.0. The Bertz CT molecular complexity index is 1280. The monoisotopic (exact) mass is 428 g/mol. The van der Waals surface area contributed by atoms with Crippen LogP contribution in [-0.2, 0) is 0 Å². The zero-order chi connectivity index (χ0) is 22.1. The van der Waals surface area contributed by atoms with Gasteiger partial charge in [-0.1, -0.05) is 18.2 Å². The SMILES string of the molecule is COc1cc(-c2cn3c(-c4ccc(N)cc4)cnc3cn2)ccc1C(=O)N1CCNCC1. The van der Waals surface area contributed by atoms with Crippen molar-refractivity contribution in [2.75, 3.05) is 39.0 Å². The first-order valence-electron chi connectivity index (χ1n) is 10.5. The number of imidazole rings is 1. The van der Waals surface area contributed by atoms with Crippen LogP contribution in [0.4, 0.5) is 5.69 Å². The number of nitrogens with one attached hydrogen (secondary N) is 1. The number of amides is 1. The lowest BCUT2D eigenvalue weighted by Gasteiger charge is -2.28. The third kappa shape index (κ3) is 3.65. The molecule has 2 aromatic heterocycles. The van der Waals surface area contributed by atoms with Crippen molar-refractivity contribution in [1.82, 2.24) is 24.6 Å². The van der Waals surface area contributed by atoms with E-state index in [9.17, 15) is 4.79 Å². The van der Waals surface area contributed by atoms with Crippen LogP contribution in [0.25, 0.3) is 28.2 Å². The number of carbonyl (C=O) groups is 1. The average Bonchev–Trinajstić information content (AvgIpc) is 3.27. The van der Waals surface area contributed by atoms with Gasteiger partial charge in [0.1, 0.15) is 5.75 Å². The molecule has 1 fully saturated rings. The molecular weight excluding hydrogens is 404 g/mol. The number of fused-ring (bicyclic) bond motifs is 1. The Hall–Kier alpha value is -3.91. The molecule has 3 N–H and O–H groups in total. The summed E-state index contributed by atoms with van der Waals surface area (Å²) in [5.41, 5.74) is 11.4. The van der Waals surface area contributed by atoms with Crippen LogP contribution < -0.4 is 15.8 Å². The lowest BCUT2D eigenvalue weighted by molar-refractivity contribution is 0.0732. The Labute approximate surface area is 185 Å². The van der Waals surface area contributed by atoms with Gasteiger partial charge in [-0.25, -0.2) is 4.98 Å². The number of benzene rings is 2. The standard InChI is InChI=1S/C24H24N6O2/c1-32-22-12-17(4-7-19(22)24(31)29-10-8-26-9-11-29)20-15-30-21(13-28-23(30)14-27-20)16-2-5-18(25)6-3-16/h2-7,12-15,26H,8-11,25H2,1H3. The molecule has 1 saturated heterocycles. The molecule has 8 heteroatoms. The van der Waals surface area contributed by atoms with E-state index in [0.29, 0.717) is 30.1 Å². The van der Waals surface area contributed by atoms with Gasteiger partial charge in [0, 0.05) is 49.2 Å². The summed E-state index contributed by atoms with van der Waals surface area (Å²) in [6.07, 6.45) is 5.51. The van der Waals surface area contributed by atoms with Crippen molar-refractivity contribution in [3.63, 3.8) is 0 Å². The van der Waals surface area contributed by atoms with E-state index in [1.807, 2.05) is 64.2 Å². The molecule has 5 rings (SSSR count). The third-order valence-corrected chi connectivity index (χ3v) is 5.73. The number of hydrogen-bond donors (Lipinski definition) is 2. The number of piperazine rings is 1. The van der Waals surface area contributed by atoms with Crippen molar-refractivity contribution >= 4 is 17.2 Å². The van der Waals surface area contributed by atoms with Gasteiger partial charge in [0.25, 0.3) is 5.91 Å². The van der Waals surface area contributed by atoms with Crippen molar-refractivity contribution in [2.45, 2.75) is 0 Å². The Morgan fingerprint density at radius 3 is 2.53 bits per heavy atom. The van der Waals surface area contributed by atoms with Crippen LogP contribution in [0.3, 0.4) is 0 Å². The van der Waals surface area contributed by atoms with Gasteiger partial charge in [0.05, 0.1) is 36.5 Å². The highest BCUT2D eigenvalue weighted by Gasteiger charge is 2.22. The van der Waals surface area contributed by atoms with E-state index in [1.165, 1.54) is 0 Å². The molecule has 0 spiro atoms. The summed E-state index contributed by atoms with van der Waals surface area (Å²) >= 11 is 0. The Kier molecular flexibility index (Phi) is 5.20. The summed E-state index contributed by atoms with van der Waals surface area (Å²) in [5, 5.41) is 3.26. The van der Waals surface area contributed by atoms with Gasteiger partial charge in [0.15, 0.2) is 5.65 Å². The van der Waals surface area contributed by atoms with Gasteiger partial charge < -0.3 is 20.7 Å². The summed E-state index contributed by atoms with van der Waals surface area (Å²) in [4.78, 5) is 23.9. The second-order valence-corrected chi connectivity index (χ2v) is 7.72. The lowest BCUT2D eigenvalue weighted by Crippen LogP contribution is -2.46. The van der Waals surface area contributed by atoms with E-state index >= 15 is 0 Å². The topological polar surface area (TPSA) is 97.8 Å². The zero-order valence-electron chi connectivity index (χ0n) is 17.8. The summed E-state index contributed by atoms with van der Waals surface area (Å²) in [6, 6.07) is 13.3. The van der Waals surface area contributed by atoms with Gasteiger partial charge >= 0.3 is 0 Å². The number of nitrogen functional groups attached to an aromatic ring is 1. The Morgan fingerprint density at radius 2 is 1.78 bits per heavy atom. The number of hydrogen-bond acceptors (Lipinski definition) is 6. The molecule has 162 valence electrons. The Morgan fingerprint density at radius 1 is 1.03 bits per heavy atom. The fraction of sp³-hybridized carbons (Fsp3) is 0.208. The van der Waals surface area contributed by atoms with Crippen LogP contribution in [0, 0.1) is 0 Å². The first-order chi connectivity index (χ1) is 15.6. The highest BCUT2D eigenvalue weighted by atomic mass is 16.5. The average molecular weight is 428 g/mol. The molecule has 1 aliphatic heterocycles. The number of aromatic nitrogens is 3. The van der Waals surface area contributed by atoms with Crippen LogP contribution in [-0.4, -0.2) is 58.5 Å². The van der Waals surface area contributed by atoms with Gasteiger partial charge in [-0.05, 0) is 24.3 Å². The highest BCUT2D eigenvalue weighted by Crippen LogP contribution is 2.29. The largest absolute Gasteiger partial charge is 0.496 e. The number of nitrogens with zero attached hydrogens (tertiary/aromatic N) is 4. The summed E-state index contributed by atoms with van der Waals surface area (Å²) in [6.45, 7) is 2.99. The maximum absolute atomic E-state index is 13.0.